The van der Waals surface area contributed by atoms with Crippen LogP contribution in [0.4, 0.5) is 0 Å². The van der Waals surface area contributed by atoms with Gasteiger partial charge in [0, 0.05) is 26.5 Å². The van der Waals surface area contributed by atoms with Crippen LogP contribution in [0.15, 0.2) is 24.5 Å². The van der Waals surface area contributed by atoms with Crippen LogP contribution >= 0.6 is 0 Å². The molecule has 4 nitrogen and oxygen atoms in total. The highest BCUT2D eigenvalue weighted by molar-refractivity contribution is 5.81. The van der Waals surface area contributed by atoms with E-state index in [1.165, 1.54) is 5.56 Å². The Bertz CT molecular complexity index is 378. The molecular weight excluding hydrogens is 214 g/mol. The molecule has 2 unspecified atom stereocenters. The number of amides is 1. The normalized spacial score (nSPS) is 24.4. The third-order valence-corrected chi connectivity index (χ3v) is 3.30. The van der Waals surface area contributed by atoms with Crippen molar-refractivity contribution in [3.63, 3.8) is 0 Å². The molecule has 1 N–H and O–H groups in total. The molecule has 0 bridgehead atoms. The summed E-state index contributed by atoms with van der Waals surface area (Å²) < 4.78 is 0. The van der Waals surface area contributed by atoms with E-state index in [-0.39, 0.29) is 11.9 Å². The molecule has 1 aromatic rings. The Morgan fingerprint density at radius 1 is 1.53 bits per heavy atom. The van der Waals surface area contributed by atoms with Gasteiger partial charge in [-0.3, -0.25) is 9.78 Å². The van der Waals surface area contributed by atoms with E-state index in [2.05, 4.69) is 16.4 Å². The van der Waals surface area contributed by atoms with Crippen molar-refractivity contribution in [1.29, 1.82) is 0 Å². The van der Waals surface area contributed by atoms with Gasteiger partial charge in [-0.25, -0.2) is 0 Å². The fourth-order valence-electron chi connectivity index (χ4n) is 2.34. The summed E-state index contributed by atoms with van der Waals surface area (Å²) in [5.41, 5.74) is 1.24. The average molecular weight is 233 g/mol. The predicted octanol–water partition coefficient (Wildman–Crippen LogP) is 1.01. The van der Waals surface area contributed by atoms with Crippen LogP contribution < -0.4 is 5.32 Å². The highest BCUT2D eigenvalue weighted by atomic mass is 16.2. The number of pyridine rings is 1. The lowest BCUT2D eigenvalue weighted by molar-refractivity contribution is -0.131. The SMILES string of the molecule is CN(C)C(=O)C1CC(c2cccnc2)CCN1. The van der Waals surface area contributed by atoms with E-state index in [0.717, 1.165) is 19.4 Å². The molecule has 92 valence electrons. The zero-order chi connectivity index (χ0) is 12.3. The molecule has 0 saturated carbocycles. The number of hydrogen-bond acceptors (Lipinski definition) is 3. The van der Waals surface area contributed by atoms with Gasteiger partial charge < -0.3 is 10.2 Å². The second kappa shape index (κ2) is 5.27. The summed E-state index contributed by atoms with van der Waals surface area (Å²) in [5.74, 6) is 0.609. The number of carbonyl (C=O) groups is 1. The molecule has 1 fully saturated rings. The molecule has 0 aliphatic carbocycles. The topological polar surface area (TPSA) is 45.2 Å². The third kappa shape index (κ3) is 2.82. The van der Waals surface area contributed by atoms with E-state index >= 15 is 0 Å². The minimum Gasteiger partial charge on any atom is -0.347 e. The van der Waals surface area contributed by atoms with E-state index in [1.807, 2.05) is 12.3 Å². The molecule has 0 radical (unpaired) electrons. The van der Waals surface area contributed by atoms with E-state index in [4.69, 9.17) is 0 Å². The first-order valence-electron chi connectivity index (χ1n) is 6.03. The van der Waals surface area contributed by atoms with Crippen molar-refractivity contribution in [2.75, 3.05) is 20.6 Å². The first kappa shape index (κ1) is 12.0. The van der Waals surface area contributed by atoms with Crippen molar-refractivity contribution in [1.82, 2.24) is 15.2 Å². The van der Waals surface area contributed by atoms with Gasteiger partial charge in [-0.05, 0) is 36.9 Å². The van der Waals surface area contributed by atoms with Crippen LogP contribution in [0.25, 0.3) is 0 Å². The summed E-state index contributed by atoms with van der Waals surface area (Å²) in [6.45, 7) is 0.893. The van der Waals surface area contributed by atoms with Crippen LogP contribution in [0.5, 0.6) is 0 Å². The maximum atomic E-state index is 11.9. The van der Waals surface area contributed by atoms with Crippen molar-refractivity contribution in [2.24, 2.45) is 0 Å². The number of rotatable bonds is 2. The molecule has 1 aromatic heterocycles. The maximum absolute atomic E-state index is 11.9. The summed E-state index contributed by atoms with van der Waals surface area (Å²) >= 11 is 0. The second-order valence-electron chi connectivity index (χ2n) is 4.75. The van der Waals surface area contributed by atoms with Crippen LogP contribution in [-0.4, -0.2) is 42.5 Å². The molecule has 0 spiro atoms. The summed E-state index contributed by atoms with van der Waals surface area (Å²) in [4.78, 5) is 17.7. The fourth-order valence-corrected chi connectivity index (χ4v) is 2.34. The Morgan fingerprint density at radius 2 is 2.35 bits per heavy atom. The molecule has 1 aliphatic rings. The number of likely N-dealkylation sites (N-methyl/N-ethyl adjacent to an activating group) is 1. The van der Waals surface area contributed by atoms with Crippen molar-refractivity contribution < 1.29 is 4.79 Å². The molecule has 1 aliphatic heterocycles. The Balaban J connectivity index is 2.05. The lowest BCUT2D eigenvalue weighted by Crippen LogP contribution is -2.47. The maximum Gasteiger partial charge on any atom is 0.239 e. The molecule has 1 amide bonds. The highest BCUT2D eigenvalue weighted by Crippen LogP contribution is 2.27. The van der Waals surface area contributed by atoms with Gasteiger partial charge in [-0.15, -0.1) is 0 Å². The fraction of sp³-hybridized carbons (Fsp3) is 0.538. The van der Waals surface area contributed by atoms with Gasteiger partial charge in [0.15, 0.2) is 0 Å². The van der Waals surface area contributed by atoms with Crippen molar-refractivity contribution in [2.45, 2.75) is 24.8 Å². The molecule has 4 heteroatoms. The quantitative estimate of drug-likeness (QED) is 0.829. The Hall–Kier alpha value is -1.42. The van der Waals surface area contributed by atoms with Crippen LogP contribution in [0, 0.1) is 0 Å². The summed E-state index contributed by atoms with van der Waals surface area (Å²) in [6, 6.07) is 4.00. The van der Waals surface area contributed by atoms with E-state index in [9.17, 15) is 4.79 Å². The molecule has 17 heavy (non-hydrogen) atoms. The first-order chi connectivity index (χ1) is 8.18. The van der Waals surface area contributed by atoms with Gasteiger partial charge in [0.1, 0.15) is 0 Å². The average Bonchev–Trinajstić information content (AvgIpc) is 2.39. The lowest BCUT2D eigenvalue weighted by Gasteiger charge is -2.31. The number of nitrogens with zero attached hydrogens (tertiary/aromatic N) is 2. The number of piperidine rings is 1. The van der Waals surface area contributed by atoms with Crippen molar-refractivity contribution >= 4 is 5.91 Å². The molecule has 2 heterocycles. The number of aromatic nitrogens is 1. The summed E-state index contributed by atoms with van der Waals surface area (Å²) in [7, 11) is 3.61. The highest BCUT2D eigenvalue weighted by Gasteiger charge is 2.28. The molecular formula is C13H19N3O. The van der Waals surface area contributed by atoms with E-state index in [0.29, 0.717) is 5.92 Å². The van der Waals surface area contributed by atoms with Gasteiger partial charge in [0.2, 0.25) is 5.91 Å². The monoisotopic (exact) mass is 233 g/mol. The van der Waals surface area contributed by atoms with Crippen molar-refractivity contribution in [3.05, 3.63) is 30.1 Å². The van der Waals surface area contributed by atoms with E-state index in [1.54, 1.807) is 25.2 Å². The molecule has 1 saturated heterocycles. The van der Waals surface area contributed by atoms with Gasteiger partial charge >= 0.3 is 0 Å². The number of carbonyl (C=O) groups excluding carboxylic acids is 1. The van der Waals surface area contributed by atoms with Crippen molar-refractivity contribution in [3.8, 4) is 0 Å². The Kier molecular flexibility index (Phi) is 3.74. The van der Waals surface area contributed by atoms with Crippen LogP contribution in [0.1, 0.15) is 24.3 Å². The smallest absolute Gasteiger partial charge is 0.239 e. The summed E-state index contributed by atoms with van der Waals surface area (Å²) in [6.07, 6.45) is 5.63. The molecule has 2 atom stereocenters. The van der Waals surface area contributed by atoms with Gasteiger partial charge in [-0.1, -0.05) is 6.07 Å². The molecule has 0 aromatic carbocycles. The van der Waals surface area contributed by atoms with Crippen LogP contribution in [0.3, 0.4) is 0 Å². The largest absolute Gasteiger partial charge is 0.347 e. The lowest BCUT2D eigenvalue weighted by atomic mass is 9.87. The Labute approximate surface area is 102 Å². The second-order valence-corrected chi connectivity index (χ2v) is 4.75. The first-order valence-corrected chi connectivity index (χ1v) is 6.03. The van der Waals surface area contributed by atoms with Gasteiger partial charge in [-0.2, -0.15) is 0 Å². The van der Waals surface area contributed by atoms with Gasteiger partial charge in [0.05, 0.1) is 6.04 Å². The zero-order valence-electron chi connectivity index (χ0n) is 10.4. The Morgan fingerprint density at radius 3 is 3.00 bits per heavy atom. The summed E-state index contributed by atoms with van der Waals surface area (Å²) in [5, 5.41) is 3.29. The number of nitrogens with one attached hydrogen (secondary N) is 1. The minimum absolute atomic E-state index is 0.0519. The number of hydrogen-bond donors (Lipinski definition) is 1. The zero-order valence-corrected chi connectivity index (χ0v) is 10.4. The predicted molar refractivity (Wildman–Crippen MR) is 66.7 cm³/mol. The minimum atomic E-state index is -0.0519. The van der Waals surface area contributed by atoms with Crippen LogP contribution in [0.2, 0.25) is 0 Å². The van der Waals surface area contributed by atoms with E-state index < -0.39 is 0 Å². The van der Waals surface area contributed by atoms with Crippen LogP contribution in [-0.2, 0) is 4.79 Å². The molecule has 2 rings (SSSR count). The van der Waals surface area contributed by atoms with Gasteiger partial charge in [0.25, 0.3) is 0 Å². The standard InChI is InChI=1S/C13H19N3O/c1-16(2)13(17)12-8-10(5-7-15-12)11-4-3-6-14-9-11/h3-4,6,9-10,12,15H,5,7-8H2,1-2H3. The third-order valence-electron chi connectivity index (χ3n) is 3.30.